The van der Waals surface area contributed by atoms with Crippen LogP contribution in [0.1, 0.15) is 18.6 Å². The van der Waals surface area contributed by atoms with E-state index >= 15 is 0 Å². The quantitative estimate of drug-likeness (QED) is 0.717. The van der Waals surface area contributed by atoms with Crippen LogP contribution in [0.5, 0.6) is 0 Å². The molecule has 3 heterocycles. The first-order valence-corrected chi connectivity index (χ1v) is 6.43. The van der Waals surface area contributed by atoms with Gasteiger partial charge < -0.3 is 5.32 Å². The molecule has 0 atom stereocenters. The fourth-order valence-electron chi connectivity index (χ4n) is 1.81. The van der Waals surface area contributed by atoms with Crippen LogP contribution < -0.4 is 5.32 Å². The van der Waals surface area contributed by atoms with E-state index in [2.05, 4.69) is 40.4 Å². The van der Waals surface area contributed by atoms with Crippen LogP contribution in [0.15, 0.2) is 12.7 Å². The second-order valence-corrected chi connectivity index (χ2v) is 4.25. The van der Waals surface area contributed by atoms with E-state index in [0.29, 0.717) is 36.0 Å². The van der Waals surface area contributed by atoms with Gasteiger partial charge in [-0.25, -0.2) is 9.97 Å². The molecule has 0 saturated carbocycles. The van der Waals surface area contributed by atoms with Crippen molar-refractivity contribution in [3.05, 3.63) is 24.3 Å². The molecule has 108 valence electrons. The number of anilines is 1. The Bertz CT molecular complexity index is 744. The number of rotatable bonds is 4. The van der Waals surface area contributed by atoms with Crippen LogP contribution in [0.4, 0.5) is 5.95 Å². The molecule has 0 aromatic carbocycles. The summed E-state index contributed by atoms with van der Waals surface area (Å²) in [6, 6.07) is 0. The van der Waals surface area contributed by atoms with Crippen molar-refractivity contribution in [3.63, 3.8) is 0 Å². The largest absolute Gasteiger partial charge is 0.354 e. The lowest BCUT2D eigenvalue weighted by Gasteiger charge is -2.07. The summed E-state index contributed by atoms with van der Waals surface area (Å²) in [7, 11) is 0. The molecule has 0 amide bonds. The maximum Gasteiger partial charge on any atom is 0.259 e. The number of nitrogens with one attached hydrogen (secondary N) is 1. The van der Waals surface area contributed by atoms with E-state index in [0.717, 1.165) is 0 Å². The molecule has 21 heavy (non-hydrogen) atoms. The van der Waals surface area contributed by atoms with Crippen molar-refractivity contribution in [2.24, 2.45) is 0 Å². The van der Waals surface area contributed by atoms with Crippen molar-refractivity contribution in [2.45, 2.75) is 20.8 Å². The Labute approximate surface area is 120 Å². The smallest absolute Gasteiger partial charge is 0.259 e. The van der Waals surface area contributed by atoms with Gasteiger partial charge in [0.2, 0.25) is 5.95 Å². The van der Waals surface area contributed by atoms with Gasteiger partial charge in [-0.05, 0) is 20.8 Å². The lowest BCUT2D eigenvalue weighted by atomic mass is 10.6. The van der Waals surface area contributed by atoms with Crippen molar-refractivity contribution in [1.82, 2.24) is 44.5 Å². The molecule has 3 aromatic rings. The Hall–Kier alpha value is -2.91. The predicted molar refractivity (Wildman–Crippen MR) is 73.3 cm³/mol. The molecule has 1 N–H and O–H groups in total. The van der Waals surface area contributed by atoms with Crippen molar-refractivity contribution >= 4 is 5.95 Å². The molecular weight excluding hydrogens is 272 g/mol. The van der Waals surface area contributed by atoms with Gasteiger partial charge >= 0.3 is 0 Å². The molecule has 0 saturated heterocycles. The minimum atomic E-state index is 0.362. The summed E-state index contributed by atoms with van der Waals surface area (Å²) in [5.41, 5.74) is 0. The fraction of sp³-hybridized carbons (Fsp3) is 0.364. The van der Waals surface area contributed by atoms with E-state index in [1.807, 2.05) is 20.8 Å². The molecule has 3 aromatic heterocycles. The average molecular weight is 286 g/mol. The van der Waals surface area contributed by atoms with Gasteiger partial charge in [-0.3, -0.25) is 0 Å². The van der Waals surface area contributed by atoms with Gasteiger partial charge in [0.25, 0.3) is 11.9 Å². The zero-order valence-electron chi connectivity index (χ0n) is 11.9. The van der Waals surface area contributed by atoms with Crippen LogP contribution in [0.25, 0.3) is 11.9 Å². The molecular formula is C11H14N10. The van der Waals surface area contributed by atoms with Gasteiger partial charge in [-0.15, -0.1) is 5.10 Å². The Morgan fingerprint density at radius 2 is 1.90 bits per heavy atom. The molecule has 0 spiro atoms. The Morgan fingerprint density at radius 3 is 2.52 bits per heavy atom. The van der Waals surface area contributed by atoms with Gasteiger partial charge in [0.1, 0.15) is 24.3 Å². The second kappa shape index (κ2) is 5.23. The number of hydrogen-bond donors (Lipinski definition) is 1. The monoisotopic (exact) mass is 286 g/mol. The molecule has 0 bridgehead atoms. The summed E-state index contributed by atoms with van der Waals surface area (Å²) < 4.78 is 3.03. The minimum Gasteiger partial charge on any atom is -0.354 e. The Morgan fingerprint density at radius 1 is 1.10 bits per heavy atom. The van der Waals surface area contributed by atoms with E-state index in [9.17, 15) is 0 Å². The summed E-state index contributed by atoms with van der Waals surface area (Å²) in [6.07, 6.45) is 2.94. The predicted octanol–water partition coefficient (Wildman–Crippen LogP) is 0.0816. The zero-order valence-corrected chi connectivity index (χ0v) is 11.9. The van der Waals surface area contributed by atoms with Crippen LogP contribution in [0.3, 0.4) is 0 Å². The molecule has 0 fully saturated rings. The highest BCUT2D eigenvalue weighted by Gasteiger charge is 2.13. The first-order chi connectivity index (χ1) is 10.2. The van der Waals surface area contributed by atoms with Crippen LogP contribution in [0.2, 0.25) is 0 Å². The topological polar surface area (TPSA) is 112 Å². The van der Waals surface area contributed by atoms with E-state index in [-0.39, 0.29) is 0 Å². The lowest BCUT2D eigenvalue weighted by molar-refractivity contribution is 0.728. The SMILES string of the molecule is CCNc1nc(-n2cncn2)nc(-n2nc(C)nc2C)n1. The summed E-state index contributed by atoms with van der Waals surface area (Å²) >= 11 is 0. The highest BCUT2D eigenvalue weighted by atomic mass is 15.5. The van der Waals surface area contributed by atoms with Gasteiger partial charge in [0, 0.05) is 6.54 Å². The van der Waals surface area contributed by atoms with E-state index in [1.54, 1.807) is 4.68 Å². The zero-order chi connectivity index (χ0) is 14.8. The maximum absolute atomic E-state index is 4.36. The maximum atomic E-state index is 4.36. The normalized spacial score (nSPS) is 10.8. The third-order valence-corrected chi connectivity index (χ3v) is 2.63. The highest BCUT2D eigenvalue weighted by molar-refractivity contribution is 5.32. The minimum absolute atomic E-state index is 0.362. The van der Waals surface area contributed by atoms with Crippen LogP contribution in [-0.2, 0) is 0 Å². The summed E-state index contributed by atoms with van der Waals surface area (Å²) in [6.45, 7) is 6.30. The summed E-state index contributed by atoms with van der Waals surface area (Å²) in [5, 5.41) is 11.4. The molecule has 0 unspecified atom stereocenters. The number of nitrogens with zero attached hydrogens (tertiary/aromatic N) is 9. The molecule has 10 nitrogen and oxygen atoms in total. The summed E-state index contributed by atoms with van der Waals surface area (Å²) in [5.74, 6) is 2.54. The molecule has 0 aliphatic carbocycles. The van der Waals surface area contributed by atoms with Crippen molar-refractivity contribution in [1.29, 1.82) is 0 Å². The van der Waals surface area contributed by atoms with Crippen LogP contribution in [0, 0.1) is 13.8 Å². The van der Waals surface area contributed by atoms with Crippen LogP contribution >= 0.6 is 0 Å². The van der Waals surface area contributed by atoms with Gasteiger partial charge in [0.15, 0.2) is 0 Å². The molecule has 10 heteroatoms. The number of aryl methyl sites for hydroxylation is 2. The fourth-order valence-corrected chi connectivity index (χ4v) is 1.81. The van der Waals surface area contributed by atoms with Gasteiger partial charge in [0.05, 0.1) is 0 Å². The first kappa shape index (κ1) is 13.1. The number of hydrogen-bond acceptors (Lipinski definition) is 8. The average Bonchev–Trinajstić information content (AvgIpc) is 3.08. The third-order valence-electron chi connectivity index (χ3n) is 2.63. The number of aromatic nitrogens is 9. The lowest BCUT2D eigenvalue weighted by Crippen LogP contribution is -2.14. The Balaban J connectivity index is 2.13. The molecule has 3 rings (SSSR count). The first-order valence-electron chi connectivity index (χ1n) is 6.43. The van der Waals surface area contributed by atoms with E-state index in [4.69, 9.17) is 0 Å². The van der Waals surface area contributed by atoms with Gasteiger partial charge in [-0.1, -0.05) is 0 Å². The van der Waals surface area contributed by atoms with Crippen molar-refractivity contribution < 1.29 is 0 Å². The van der Waals surface area contributed by atoms with Crippen molar-refractivity contribution in [2.75, 3.05) is 11.9 Å². The van der Waals surface area contributed by atoms with Gasteiger partial charge in [-0.2, -0.15) is 29.4 Å². The van der Waals surface area contributed by atoms with E-state index in [1.165, 1.54) is 17.3 Å². The molecule has 0 aliphatic heterocycles. The standard InChI is InChI=1S/C11H14N10/c1-4-13-9-16-10(20-6-12-5-14-20)18-11(17-9)21-8(3)15-7(2)19-21/h5-6H,4H2,1-3H3,(H,13,16,17,18). The van der Waals surface area contributed by atoms with Crippen molar-refractivity contribution in [3.8, 4) is 11.9 Å². The van der Waals surface area contributed by atoms with Crippen LogP contribution in [-0.4, -0.2) is 51.0 Å². The summed E-state index contributed by atoms with van der Waals surface area (Å²) in [4.78, 5) is 21.1. The Kier molecular flexibility index (Phi) is 3.26. The molecule has 0 radical (unpaired) electrons. The van der Waals surface area contributed by atoms with E-state index < -0.39 is 0 Å². The molecule has 0 aliphatic rings. The highest BCUT2D eigenvalue weighted by Crippen LogP contribution is 2.09. The third kappa shape index (κ3) is 2.55. The second-order valence-electron chi connectivity index (χ2n) is 4.25.